The highest BCUT2D eigenvalue weighted by Crippen LogP contribution is 2.12. The maximum atomic E-state index is 12.2. The lowest BCUT2D eigenvalue weighted by molar-refractivity contribution is 0.0257. The Bertz CT molecular complexity index is 551. The number of benzene rings is 1. The Morgan fingerprint density at radius 1 is 1.04 bits per heavy atom. The number of hydrogen-bond acceptors (Lipinski definition) is 4. The summed E-state index contributed by atoms with van der Waals surface area (Å²) in [5.74, 6) is 0.170. The first kappa shape index (κ1) is 18.5. The molecule has 5 nitrogen and oxygen atoms in total. The van der Waals surface area contributed by atoms with Gasteiger partial charge in [-0.15, -0.1) is 0 Å². The first-order chi connectivity index (χ1) is 11.3. The van der Waals surface area contributed by atoms with Gasteiger partial charge in [-0.25, -0.2) is 4.79 Å². The van der Waals surface area contributed by atoms with Gasteiger partial charge in [0, 0.05) is 38.2 Å². The number of Topliss-reactive ketones (excluding diaryl/α,β-unsaturated/α-hetero) is 1. The van der Waals surface area contributed by atoms with E-state index in [2.05, 4.69) is 4.90 Å². The Hall–Kier alpha value is -1.88. The predicted octanol–water partition coefficient (Wildman–Crippen LogP) is 3.20. The molecule has 0 aromatic heterocycles. The molecule has 1 aliphatic heterocycles. The van der Waals surface area contributed by atoms with Crippen LogP contribution in [-0.2, 0) is 4.74 Å². The maximum Gasteiger partial charge on any atom is 0.410 e. The zero-order chi connectivity index (χ0) is 17.6. The van der Waals surface area contributed by atoms with Gasteiger partial charge in [0.05, 0.1) is 0 Å². The van der Waals surface area contributed by atoms with Crippen molar-refractivity contribution in [3.63, 3.8) is 0 Å². The van der Waals surface area contributed by atoms with Gasteiger partial charge in [0.15, 0.2) is 5.78 Å². The number of carbonyl (C=O) groups is 2. The van der Waals surface area contributed by atoms with Crippen LogP contribution < -0.4 is 0 Å². The van der Waals surface area contributed by atoms with Crippen LogP contribution in [0.2, 0.25) is 0 Å². The van der Waals surface area contributed by atoms with Gasteiger partial charge in [0.1, 0.15) is 5.60 Å². The fourth-order valence-electron chi connectivity index (χ4n) is 2.73. The van der Waals surface area contributed by atoms with Gasteiger partial charge in [-0.05, 0) is 33.7 Å². The molecule has 2 rings (SSSR count). The molecule has 5 heteroatoms. The molecule has 1 aromatic carbocycles. The number of amides is 1. The highest BCUT2D eigenvalue weighted by molar-refractivity contribution is 5.96. The van der Waals surface area contributed by atoms with Gasteiger partial charge in [0.25, 0.3) is 0 Å². The standard InChI is InChI=1S/C19H28N2O3/c1-19(2,3)24-18(23)21-12-7-11-20(14-15-21)13-10-17(22)16-8-5-4-6-9-16/h4-6,8-9H,7,10-15H2,1-3H3. The van der Waals surface area contributed by atoms with E-state index in [1.54, 1.807) is 4.90 Å². The Kier molecular flexibility index (Phi) is 6.37. The summed E-state index contributed by atoms with van der Waals surface area (Å²) in [6.07, 6.45) is 1.17. The van der Waals surface area contributed by atoms with E-state index in [9.17, 15) is 9.59 Å². The molecule has 0 radical (unpaired) electrons. The highest BCUT2D eigenvalue weighted by atomic mass is 16.6. The van der Waals surface area contributed by atoms with E-state index in [1.807, 2.05) is 51.1 Å². The van der Waals surface area contributed by atoms with Crippen molar-refractivity contribution in [3.05, 3.63) is 35.9 Å². The summed E-state index contributed by atoms with van der Waals surface area (Å²) < 4.78 is 5.44. The predicted molar refractivity (Wildman–Crippen MR) is 94.3 cm³/mol. The van der Waals surface area contributed by atoms with Gasteiger partial charge in [0.2, 0.25) is 0 Å². The largest absolute Gasteiger partial charge is 0.444 e. The Morgan fingerprint density at radius 3 is 2.42 bits per heavy atom. The number of carbonyl (C=O) groups excluding carboxylic acids is 2. The molecular formula is C19H28N2O3. The Labute approximate surface area is 144 Å². The van der Waals surface area contributed by atoms with Crippen LogP contribution in [-0.4, -0.2) is 60.0 Å². The van der Waals surface area contributed by atoms with Crippen LogP contribution >= 0.6 is 0 Å². The third-order valence-electron chi connectivity index (χ3n) is 3.99. The topological polar surface area (TPSA) is 49.9 Å². The summed E-state index contributed by atoms with van der Waals surface area (Å²) in [5.41, 5.74) is 0.299. The smallest absolute Gasteiger partial charge is 0.410 e. The van der Waals surface area contributed by atoms with Crippen LogP contribution in [0.25, 0.3) is 0 Å². The van der Waals surface area contributed by atoms with Gasteiger partial charge in [-0.2, -0.15) is 0 Å². The lowest BCUT2D eigenvalue weighted by atomic mass is 10.1. The van der Waals surface area contributed by atoms with Gasteiger partial charge in [-0.3, -0.25) is 4.79 Å². The minimum Gasteiger partial charge on any atom is -0.444 e. The van der Waals surface area contributed by atoms with E-state index in [4.69, 9.17) is 4.74 Å². The second-order valence-corrected chi connectivity index (χ2v) is 7.20. The fourth-order valence-corrected chi connectivity index (χ4v) is 2.73. The minimum atomic E-state index is -0.467. The van der Waals surface area contributed by atoms with Crippen molar-refractivity contribution < 1.29 is 14.3 Å². The minimum absolute atomic E-state index is 0.170. The summed E-state index contributed by atoms with van der Waals surface area (Å²) in [6, 6.07) is 9.40. The lowest BCUT2D eigenvalue weighted by Crippen LogP contribution is -2.39. The molecule has 1 saturated heterocycles. The lowest BCUT2D eigenvalue weighted by Gasteiger charge is -2.26. The Morgan fingerprint density at radius 2 is 1.75 bits per heavy atom. The van der Waals surface area contributed by atoms with E-state index < -0.39 is 5.60 Å². The second-order valence-electron chi connectivity index (χ2n) is 7.20. The van der Waals surface area contributed by atoms with Crippen molar-refractivity contribution >= 4 is 11.9 Å². The quantitative estimate of drug-likeness (QED) is 0.795. The molecule has 132 valence electrons. The second kappa shape index (κ2) is 8.29. The SMILES string of the molecule is CC(C)(C)OC(=O)N1CCCN(CCC(=O)c2ccccc2)CC1. The van der Waals surface area contributed by atoms with E-state index in [0.29, 0.717) is 19.5 Å². The van der Waals surface area contributed by atoms with Crippen LogP contribution in [0.5, 0.6) is 0 Å². The fraction of sp³-hybridized carbons (Fsp3) is 0.579. The van der Waals surface area contributed by atoms with Crippen molar-refractivity contribution in [3.8, 4) is 0 Å². The molecule has 1 fully saturated rings. The van der Waals surface area contributed by atoms with Gasteiger partial charge >= 0.3 is 6.09 Å². The highest BCUT2D eigenvalue weighted by Gasteiger charge is 2.24. The van der Waals surface area contributed by atoms with E-state index in [1.165, 1.54) is 0 Å². The molecule has 24 heavy (non-hydrogen) atoms. The molecule has 0 bridgehead atoms. The normalized spacial score (nSPS) is 16.5. The van der Waals surface area contributed by atoms with Crippen molar-refractivity contribution in [2.75, 3.05) is 32.7 Å². The molecule has 0 unspecified atom stereocenters. The number of ether oxygens (including phenoxy) is 1. The number of nitrogens with zero attached hydrogens (tertiary/aromatic N) is 2. The van der Waals surface area contributed by atoms with Crippen molar-refractivity contribution in [2.24, 2.45) is 0 Å². The average Bonchev–Trinajstić information content (AvgIpc) is 2.77. The van der Waals surface area contributed by atoms with Crippen LogP contribution in [0.15, 0.2) is 30.3 Å². The molecule has 1 amide bonds. The van der Waals surface area contributed by atoms with Crippen molar-refractivity contribution in [1.82, 2.24) is 9.80 Å². The van der Waals surface area contributed by atoms with E-state index in [-0.39, 0.29) is 11.9 Å². The molecule has 1 aromatic rings. The third-order valence-corrected chi connectivity index (χ3v) is 3.99. The summed E-state index contributed by atoms with van der Waals surface area (Å²) in [6.45, 7) is 9.41. The molecule has 0 saturated carbocycles. The van der Waals surface area contributed by atoms with Crippen LogP contribution in [0.4, 0.5) is 4.79 Å². The molecule has 0 spiro atoms. The molecule has 0 N–H and O–H groups in total. The summed E-state index contributed by atoms with van der Waals surface area (Å²) in [4.78, 5) is 28.4. The van der Waals surface area contributed by atoms with Crippen molar-refractivity contribution in [1.29, 1.82) is 0 Å². The molecule has 1 heterocycles. The van der Waals surface area contributed by atoms with Crippen LogP contribution in [0.3, 0.4) is 0 Å². The van der Waals surface area contributed by atoms with E-state index in [0.717, 1.165) is 31.6 Å². The van der Waals surface area contributed by atoms with E-state index >= 15 is 0 Å². The number of ketones is 1. The maximum absolute atomic E-state index is 12.2. The first-order valence-corrected chi connectivity index (χ1v) is 8.64. The molecule has 0 aliphatic carbocycles. The van der Waals surface area contributed by atoms with Gasteiger partial charge in [-0.1, -0.05) is 30.3 Å². The number of hydrogen-bond donors (Lipinski definition) is 0. The zero-order valence-electron chi connectivity index (χ0n) is 15.0. The summed E-state index contributed by atoms with van der Waals surface area (Å²) in [5, 5.41) is 0. The molecule has 0 atom stereocenters. The van der Waals surface area contributed by atoms with Crippen molar-refractivity contribution in [2.45, 2.75) is 39.2 Å². The first-order valence-electron chi connectivity index (χ1n) is 8.64. The Balaban J connectivity index is 1.79. The summed E-state index contributed by atoms with van der Waals surface area (Å²) >= 11 is 0. The molecule has 1 aliphatic rings. The van der Waals surface area contributed by atoms with Gasteiger partial charge < -0.3 is 14.5 Å². The van der Waals surface area contributed by atoms with Crippen LogP contribution in [0.1, 0.15) is 44.0 Å². The van der Waals surface area contributed by atoms with Crippen LogP contribution in [0, 0.1) is 0 Å². The summed E-state index contributed by atoms with van der Waals surface area (Å²) in [7, 11) is 0. The monoisotopic (exact) mass is 332 g/mol. The third kappa shape index (κ3) is 5.96. The average molecular weight is 332 g/mol. The zero-order valence-corrected chi connectivity index (χ0v) is 15.0. The molecular weight excluding hydrogens is 304 g/mol. The number of rotatable bonds is 4.